The topological polar surface area (TPSA) is 77.8 Å². The highest BCUT2D eigenvalue weighted by atomic mass is 16.3. The van der Waals surface area contributed by atoms with Crippen LogP contribution >= 0.6 is 0 Å². The molecule has 50 heavy (non-hydrogen) atoms. The predicted octanol–water partition coefficient (Wildman–Crippen LogP) is 11.4. The summed E-state index contributed by atoms with van der Waals surface area (Å²) in [4.78, 5) is 20.5. The molecule has 0 bridgehead atoms. The maximum absolute atomic E-state index is 6.43. The van der Waals surface area contributed by atoms with Crippen LogP contribution < -0.4 is 0 Å². The van der Waals surface area contributed by atoms with Crippen LogP contribution in [0.4, 0.5) is 0 Å². The van der Waals surface area contributed by atoms with Gasteiger partial charge in [0.05, 0.1) is 11.4 Å². The van der Waals surface area contributed by atoms with Crippen molar-refractivity contribution in [2.24, 2.45) is 0 Å². The molecule has 0 fully saturated rings. The van der Waals surface area contributed by atoms with Crippen molar-refractivity contribution in [3.8, 4) is 56.5 Å². The van der Waals surface area contributed by atoms with Gasteiger partial charge in [0, 0.05) is 44.0 Å². The fraction of sp³-hybridized carbons (Fsp3) is 0. The number of nitrogens with zero attached hydrogens (tertiary/aromatic N) is 4. The summed E-state index contributed by atoms with van der Waals surface area (Å²) in [6.45, 7) is 0. The molecule has 0 radical (unpaired) electrons. The van der Waals surface area contributed by atoms with Crippen molar-refractivity contribution in [3.05, 3.63) is 158 Å². The van der Waals surface area contributed by atoms with E-state index in [4.69, 9.17) is 28.8 Å². The van der Waals surface area contributed by atoms with Crippen LogP contribution in [0.25, 0.3) is 101 Å². The van der Waals surface area contributed by atoms with Gasteiger partial charge in [-0.25, -0.2) is 19.9 Å². The Hall–Kier alpha value is -6.92. The molecule has 4 heterocycles. The molecule has 0 saturated carbocycles. The number of rotatable bonds is 5. The average molecular weight is 643 g/mol. The maximum atomic E-state index is 6.43. The summed E-state index contributed by atoms with van der Waals surface area (Å²) in [5.41, 5.74) is 10.9. The standard InChI is InChI=1S/C44H26N4O2/c1-4-13-27(14-5-1)34-26-35(28-15-6-2-7-16-28)46-44(45-34)32-20-12-22-38-39(32)33-25-30(23-24-37(33)49-38)43-47-40(29-17-8-3-9-18-29)42-41(48-43)31-19-10-11-21-36(31)50-42/h1-26H. The van der Waals surface area contributed by atoms with Crippen LogP contribution in [0, 0.1) is 0 Å². The van der Waals surface area contributed by atoms with E-state index >= 15 is 0 Å². The molecular formula is C44H26N4O2. The third-order valence-electron chi connectivity index (χ3n) is 9.13. The van der Waals surface area contributed by atoms with Crippen molar-refractivity contribution in [2.75, 3.05) is 0 Å². The van der Waals surface area contributed by atoms with E-state index in [9.17, 15) is 0 Å². The predicted molar refractivity (Wildman–Crippen MR) is 199 cm³/mol. The summed E-state index contributed by atoms with van der Waals surface area (Å²) in [5.74, 6) is 1.23. The molecule has 6 heteroatoms. The molecule has 0 N–H and O–H groups in total. The Balaban J connectivity index is 1.20. The zero-order valence-corrected chi connectivity index (χ0v) is 26.6. The summed E-state index contributed by atoms with van der Waals surface area (Å²) >= 11 is 0. The van der Waals surface area contributed by atoms with Gasteiger partial charge < -0.3 is 8.83 Å². The molecule has 10 aromatic rings. The first-order chi connectivity index (χ1) is 24.8. The van der Waals surface area contributed by atoms with Gasteiger partial charge in [-0.3, -0.25) is 0 Å². The van der Waals surface area contributed by atoms with Crippen molar-refractivity contribution in [1.82, 2.24) is 19.9 Å². The molecule has 0 spiro atoms. The molecular weight excluding hydrogens is 617 g/mol. The van der Waals surface area contributed by atoms with Crippen LogP contribution in [0.1, 0.15) is 0 Å². The maximum Gasteiger partial charge on any atom is 0.180 e. The minimum atomic E-state index is 0.602. The normalized spacial score (nSPS) is 11.6. The van der Waals surface area contributed by atoms with Crippen molar-refractivity contribution >= 4 is 44.0 Å². The molecule has 10 rings (SSSR count). The minimum Gasteiger partial charge on any atom is -0.456 e. The van der Waals surface area contributed by atoms with Gasteiger partial charge in [-0.1, -0.05) is 115 Å². The second-order valence-corrected chi connectivity index (χ2v) is 12.2. The number of aromatic nitrogens is 4. The molecule has 0 aliphatic heterocycles. The van der Waals surface area contributed by atoms with E-state index in [0.29, 0.717) is 17.2 Å². The van der Waals surface area contributed by atoms with Gasteiger partial charge in [0.25, 0.3) is 0 Å². The minimum absolute atomic E-state index is 0.602. The number of fused-ring (bicyclic) bond motifs is 6. The monoisotopic (exact) mass is 642 g/mol. The summed E-state index contributed by atoms with van der Waals surface area (Å²) in [5, 5.41) is 2.82. The van der Waals surface area contributed by atoms with E-state index in [1.165, 1.54) is 0 Å². The lowest BCUT2D eigenvalue weighted by atomic mass is 10.0. The Morgan fingerprint density at radius 2 is 1.00 bits per heavy atom. The van der Waals surface area contributed by atoms with Gasteiger partial charge in [-0.2, -0.15) is 0 Å². The zero-order chi connectivity index (χ0) is 33.0. The SMILES string of the molecule is c1ccc(-c2cc(-c3ccccc3)nc(-c3cccc4oc5ccc(-c6nc(-c7ccccc7)c7oc8ccccc8c7n6)cc5c34)n2)cc1. The lowest BCUT2D eigenvalue weighted by molar-refractivity contribution is 0.667. The lowest BCUT2D eigenvalue weighted by Gasteiger charge is -2.10. The first-order valence-corrected chi connectivity index (χ1v) is 16.5. The first kappa shape index (κ1) is 28.1. The number of hydrogen-bond acceptors (Lipinski definition) is 6. The van der Waals surface area contributed by atoms with Gasteiger partial charge in [0.15, 0.2) is 17.2 Å². The molecule has 0 aliphatic rings. The second-order valence-electron chi connectivity index (χ2n) is 12.2. The zero-order valence-electron chi connectivity index (χ0n) is 26.6. The van der Waals surface area contributed by atoms with E-state index in [0.717, 1.165) is 83.3 Å². The van der Waals surface area contributed by atoms with E-state index in [1.54, 1.807) is 0 Å². The fourth-order valence-electron chi connectivity index (χ4n) is 6.75. The van der Waals surface area contributed by atoms with E-state index in [-0.39, 0.29) is 0 Å². The molecule has 0 atom stereocenters. The number of furan rings is 2. The molecule has 6 aromatic carbocycles. The van der Waals surface area contributed by atoms with E-state index in [1.807, 2.05) is 115 Å². The fourth-order valence-corrected chi connectivity index (χ4v) is 6.75. The van der Waals surface area contributed by atoms with Crippen LogP contribution in [0.2, 0.25) is 0 Å². The average Bonchev–Trinajstić information content (AvgIpc) is 3.76. The van der Waals surface area contributed by atoms with Gasteiger partial charge in [-0.15, -0.1) is 0 Å². The molecule has 6 nitrogen and oxygen atoms in total. The quantitative estimate of drug-likeness (QED) is 0.186. The van der Waals surface area contributed by atoms with Crippen LogP contribution in [-0.4, -0.2) is 19.9 Å². The molecule has 0 unspecified atom stereocenters. The molecule has 234 valence electrons. The van der Waals surface area contributed by atoms with Crippen LogP contribution in [0.5, 0.6) is 0 Å². The Bertz CT molecular complexity index is 2800. The molecule has 4 aromatic heterocycles. The Morgan fingerprint density at radius 3 is 1.72 bits per heavy atom. The summed E-state index contributed by atoms with van der Waals surface area (Å²) in [7, 11) is 0. The van der Waals surface area contributed by atoms with Crippen LogP contribution in [-0.2, 0) is 0 Å². The Labute approximate surface area is 286 Å². The van der Waals surface area contributed by atoms with Crippen LogP contribution in [0.3, 0.4) is 0 Å². The van der Waals surface area contributed by atoms with Gasteiger partial charge in [0.2, 0.25) is 0 Å². The lowest BCUT2D eigenvalue weighted by Crippen LogP contribution is -1.96. The third-order valence-corrected chi connectivity index (χ3v) is 9.13. The second kappa shape index (κ2) is 11.4. The van der Waals surface area contributed by atoms with E-state index < -0.39 is 0 Å². The summed E-state index contributed by atoms with van der Waals surface area (Å²) in [6.07, 6.45) is 0. The number of para-hydroxylation sites is 1. The molecule has 0 aliphatic carbocycles. The number of hydrogen-bond donors (Lipinski definition) is 0. The van der Waals surface area contributed by atoms with Gasteiger partial charge in [0.1, 0.15) is 28.0 Å². The Morgan fingerprint density at radius 1 is 0.380 bits per heavy atom. The molecule has 0 amide bonds. The first-order valence-electron chi connectivity index (χ1n) is 16.5. The summed E-state index contributed by atoms with van der Waals surface area (Å²) in [6, 6.07) is 52.8. The highest BCUT2D eigenvalue weighted by Crippen LogP contribution is 2.40. The van der Waals surface area contributed by atoms with Gasteiger partial charge >= 0.3 is 0 Å². The smallest absolute Gasteiger partial charge is 0.180 e. The number of benzene rings is 6. The highest BCUT2D eigenvalue weighted by Gasteiger charge is 2.21. The summed E-state index contributed by atoms with van der Waals surface area (Å²) < 4.78 is 12.8. The van der Waals surface area contributed by atoms with Crippen LogP contribution in [0.15, 0.2) is 167 Å². The van der Waals surface area contributed by atoms with E-state index in [2.05, 4.69) is 42.5 Å². The van der Waals surface area contributed by atoms with Crippen molar-refractivity contribution in [1.29, 1.82) is 0 Å². The van der Waals surface area contributed by atoms with Crippen molar-refractivity contribution in [2.45, 2.75) is 0 Å². The Kier molecular flexibility index (Phi) is 6.39. The van der Waals surface area contributed by atoms with Crippen molar-refractivity contribution in [3.63, 3.8) is 0 Å². The van der Waals surface area contributed by atoms with Crippen molar-refractivity contribution < 1.29 is 8.83 Å². The largest absolute Gasteiger partial charge is 0.456 e. The third kappa shape index (κ3) is 4.65. The van der Waals surface area contributed by atoms with Gasteiger partial charge in [-0.05, 0) is 42.5 Å². The molecule has 0 saturated heterocycles. The highest BCUT2D eigenvalue weighted by molar-refractivity contribution is 6.13.